The summed E-state index contributed by atoms with van der Waals surface area (Å²) in [7, 11) is 1.88. The zero-order valence-electron chi connectivity index (χ0n) is 18.3. The van der Waals surface area contributed by atoms with E-state index in [1.165, 1.54) is 11.8 Å². The molecule has 9 heteroatoms. The Morgan fingerprint density at radius 3 is 2.38 bits per heavy atom. The molecule has 4 rings (SSSR count). The number of hydrogen-bond donors (Lipinski definition) is 2. The van der Waals surface area contributed by atoms with E-state index in [9.17, 15) is 9.59 Å². The van der Waals surface area contributed by atoms with Crippen LogP contribution in [0.25, 0.3) is 0 Å². The molecule has 1 heterocycles. The van der Waals surface area contributed by atoms with Crippen molar-refractivity contribution in [2.45, 2.75) is 22.5 Å². The molecule has 0 bridgehead atoms. The predicted molar refractivity (Wildman–Crippen MR) is 133 cm³/mol. The highest BCUT2D eigenvalue weighted by atomic mass is 35.5. The Hall–Kier alpha value is -3.62. The van der Waals surface area contributed by atoms with Gasteiger partial charge in [0.25, 0.3) is 5.91 Å². The van der Waals surface area contributed by atoms with E-state index < -0.39 is 6.04 Å². The van der Waals surface area contributed by atoms with Gasteiger partial charge >= 0.3 is 0 Å². The molecule has 1 unspecified atom stereocenters. The topological polar surface area (TPSA) is 88.9 Å². The summed E-state index contributed by atoms with van der Waals surface area (Å²) in [6.07, 6.45) is 1.71. The van der Waals surface area contributed by atoms with E-state index in [-0.39, 0.29) is 18.2 Å². The lowest BCUT2D eigenvalue weighted by Crippen LogP contribution is -2.31. The van der Waals surface area contributed by atoms with Crippen molar-refractivity contribution in [2.24, 2.45) is 7.05 Å². The summed E-state index contributed by atoms with van der Waals surface area (Å²) in [6.45, 7) is 0. The van der Waals surface area contributed by atoms with E-state index in [0.29, 0.717) is 16.3 Å². The summed E-state index contributed by atoms with van der Waals surface area (Å²) in [5, 5.41) is 14.9. The van der Waals surface area contributed by atoms with Gasteiger partial charge < -0.3 is 15.2 Å². The Balaban J connectivity index is 1.43. The highest BCUT2D eigenvalue weighted by molar-refractivity contribution is 7.99. The third-order valence-corrected chi connectivity index (χ3v) is 6.42. The number of nitrogens with zero attached hydrogens (tertiary/aromatic N) is 3. The van der Waals surface area contributed by atoms with Crippen LogP contribution in [0.2, 0.25) is 5.02 Å². The molecular weight excluding hydrogens is 470 g/mol. The smallest absolute Gasteiger partial charge is 0.253 e. The average Bonchev–Trinajstić information content (AvgIpc) is 3.25. The summed E-state index contributed by atoms with van der Waals surface area (Å²) in [4.78, 5) is 26.7. The molecule has 0 radical (unpaired) electrons. The van der Waals surface area contributed by atoms with Gasteiger partial charge in [0, 0.05) is 17.6 Å². The summed E-state index contributed by atoms with van der Waals surface area (Å²) in [6, 6.07) is 23.2. The second-order valence-electron chi connectivity index (χ2n) is 7.52. The quantitative estimate of drug-likeness (QED) is 0.357. The normalized spacial score (nSPS) is 11.6. The molecule has 7 nitrogen and oxygen atoms in total. The second-order valence-corrected chi connectivity index (χ2v) is 8.97. The van der Waals surface area contributed by atoms with E-state index in [0.717, 1.165) is 15.6 Å². The molecule has 34 heavy (non-hydrogen) atoms. The van der Waals surface area contributed by atoms with Crippen molar-refractivity contribution in [1.29, 1.82) is 0 Å². The third-order valence-electron chi connectivity index (χ3n) is 5.03. The molecule has 2 amide bonds. The van der Waals surface area contributed by atoms with Crippen molar-refractivity contribution >= 4 is 40.9 Å². The lowest BCUT2D eigenvalue weighted by molar-refractivity contribution is -0.116. The molecule has 0 aliphatic heterocycles. The van der Waals surface area contributed by atoms with Crippen LogP contribution in [0.4, 0.5) is 5.69 Å². The van der Waals surface area contributed by atoms with Crippen LogP contribution in [0.15, 0.2) is 95.2 Å². The summed E-state index contributed by atoms with van der Waals surface area (Å²) in [5.41, 5.74) is 1.85. The van der Waals surface area contributed by atoms with Crippen LogP contribution in [-0.4, -0.2) is 26.6 Å². The summed E-state index contributed by atoms with van der Waals surface area (Å²) in [5.74, 6) is -0.556. The van der Waals surface area contributed by atoms with Crippen LogP contribution in [0.3, 0.4) is 0 Å². The number of rotatable bonds is 8. The molecule has 0 saturated heterocycles. The van der Waals surface area contributed by atoms with Gasteiger partial charge in [0.15, 0.2) is 5.16 Å². The van der Waals surface area contributed by atoms with Gasteiger partial charge in [-0.2, -0.15) is 0 Å². The number of aromatic nitrogens is 3. The first-order chi connectivity index (χ1) is 16.5. The number of anilines is 1. The number of halogens is 1. The minimum atomic E-state index is -0.518. The fourth-order valence-electron chi connectivity index (χ4n) is 3.29. The monoisotopic (exact) mass is 491 g/mol. The van der Waals surface area contributed by atoms with Crippen molar-refractivity contribution in [3.63, 3.8) is 0 Å². The minimum Gasteiger partial charge on any atom is -0.345 e. The first-order valence-corrected chi connectivity index (χ1v) is 11.7. The molecule has 0 aliphatic rings. The van der Waals surface area contributed by atoms with Gasteiger partial charge in [0.1, 0.15) is 6.33 Å². The maximum atomic E-state index is 12.9. The van der Waals surface area contributed by atoms with Crippen LogP contribution in [0.5, 0.6) is 0 Å². The summed E-state index contributed by atoms with van der Waals surface area (Å²) >= 11 is 7.66. The Morgan fingerprint density at radius 2 is 1.71 bits per heavy atom. The van der Waals surface area contributed by atoms with E-state index >= 15 is 0 Å². The largest absolute Gasteiger partial charge is 0.345 e. The molecule has 0 saturated carbocycles. The Kier molecular flexibility index (Phi) is 7.61. The number of nitrogens with one attached hydrogen (secondary N) is 2. The number of carbonyl (C=O) groups is 2. The third kappa shape index (κ3) is 6.03. The van der Waals surface area contributed by atoms with Crippen LogP contribution in [0.1, 0.15) is 28.4 Å². The lowest BCUT2D eigenvalue weighted by Gasteiger charge is -2.19. The highest BCUT2D eigenvalue weighted by Crippen LogP contribution is 2.27. The highest BCUT2D eigenvalue weighted by Gasteiger charge is 2.20. The van der Waals surface area contributed by atoms with Gasteiger partial charge in [-0.3, -0.25) is 9.59 Å². The Bertz CT molecular complexity index is 1280. The fraction of sp³-hybridized carbons (Fsp3) is 0.120. The fourth-order valence-corrected chi connectivity index (χ4v) is 4.28. The van der Waals surface area contributed by atoms with Crippen molar-refractivity contribution in [3.8, 4) is 0 Å². The maximum Gasteiger partial charge on any atom is 0.253 e. The van der Waals surface area contributed by atoms with E-state index in [1.54, 1.807) is 30.6 Å². The molecule has 0 spiro atoms. The van der Waals surface area contributed by atoms with Crippen molar-refractivity contribution < 1.29 is 9.59 Å². The number of amides is 2. The van der Waals surface area contributed by atoms with Gasteiger partial charge in [-0.1, -0.05) is 54.1 Å². The average molecular weight is 492 g/mol. The summed E-state index contributed by atoms with van der Waals surface area (Å²) < 4.78 is 1.83. The van der Waals surface area contributed by atoms with Crippen molar-refractivity contribution in [1.82, 2.24) is 20.1 Å². The van der Waals surface area contributed by atoms with Crippen LogP contribution in [-0.2, 0) is 11.8 Å². The molecule has 2 N–H and O–H groups in total. The number of carbonyl (C=O) groups excluding carboxylic acids is 2. The molecular formula is C25H22ClN5O2S. The minimum absolute atomic E-state index is 0.0651. The molecule has 1 atom stereocenters. The lowest BCUT2D eigenvalue weighted by atomic mass is 10.0. The van der Waals surface area contributed by atoms with E-state index in [2.05, 4.69) is 20.8 Å². The van der Waals surface area contributed by atoms with Crippen LogP contribution >= 0.6 is 23.4 Å². The number of hydrogen-bond acceptors (Lipinski definition) is 5. The molecule has 0 aliphatic carbocycles. The van der Waals surface area contributed by atoms with Crippen LogP contribution in [0, 0.1) is 0 Å². The number of benzene rings is 3. The SMILES string of the molecule is Cn1cnnc1Sc1ccc(NC(=O)CC(NC(=O)c2ccccc2Cl)c2ccccc2)cc1. The molecule has 3 aromatic carbocycles. The molecule has 172 valence electrons. The van der Waals surface area contributed by atoms with Gasteiger partial charge in [-0.25, -0.2) is 0 Å². The van der Waals surface area contributed by atoms with E-state index in [1.807, 2.05) is 66.2 Å². The van der Waals surface area contributed by atoms with Gasteiger partial charge in [0.2, 0.25) is 5.91 Å². The zero-order valence-corrected chi connectivity index (χ0v) is 19.9. The molecule has 0 fully saturated rings. The first kappa shape index (κ1) is 23.5. The van der Waals surface area contributed by atoms with Crippen molar-refractivity contribution in [2.75, 3.05) is 5.32 Å². The number of aryl methyl sites for hydroxylation is 1. The zero-order chi connectivity index (χ0) is 23.9. The molecule has 1 aromatic heterocycles. The second kappa shape index (κ2) is 11.0. The van der Waals surface area contributed by atoms with Gasteiger partial charge in [-0.15, -0.1) is 10.2 Å². The molecule has 4 aromatic rings. The van der Waals surface area contributed by atoms with Gasteiger partial charge in [0.05, 0.1) is 23.0 Å². The maximum absolute atomic E-state index is 12.9. The Morgan fingerprint density at radius 1 is 1.00 bits per heavy atom. The standard InChI is InChI=1S/C25H22ClN5O2S/c1-31-16-27-30-25(31)34-19-13-11-18(12-14-19)28-23(32)15-22(17-7-3-2-4-8-17)29-24(33)20-9-5-6-10-21(20)26/h2-14,16,22H,15H2,1H3,(H,28,32)(H,29,33). The Labute approximate surface area is 206 Å². The predicted octanol–water partition coefficient (Wildman–Crippen LogP) is 5.12. The first-order valence-electron chi connectivity index (χ1n) is 10.5. The van der Waals surface area contributed by atoms with Crippen molar-refractivity contribution in [3.05, 3.63) is 101 Å². The van der Waals surface area contributed by atoms with Crippen LogP contribution < -0.4 is 10.6 Å². The van der Waals surface area contributed by atoms with E-state index in [4.69, 9.17) is 11.6 Å². The van der Waals surface area contributed by atoms with Gasteiger partial charge in [-0.05, 0) is 53.7 Å².